The fourth-order valence-electron chi connectivity index (χ4n) is 1.55. The minimum atomic E-state index is -1.57. The summed E-state index contributed by atoms with van der Waals surface area (Å²) in [6.07, 6.45) is 0.263. The van der Waals surface area contributed by atoms with Crippen LogP contribution in [-0.2, 0) is 12.2 Å². The highest BCUT2D eigenvalue weighted by molar-refractivity contribution is 5.81. The van der Waals surface area contributed by atoms with Gasteiger partial charge in [-0.1, -0.05) is 0 Å². The summed E-state index contributed by atoms with van der Waals surface area (Å²) in [5, 5.41) is 8.94. The number of aliphatic hydroxyl groups is 1. The zero-order valence-electron chi connectivity index (χ0n) is 8.90. The molecule has 0 fully saturated rings. The maximum absolute atomic E-state index is 8.94. The Morgan fingerprint density at radius 3 is 2.06 bits per heavy atom. The largest absolute Gasteiger partial charge is 0.397 e. The van der Waals surface area contributed by atoms with Gasteiger partial charge >= 0.3 is 0 Å². The molecule has 13 N–H and O–H groups in total. The molecular formula is C9H18N6O. The second-order valence-corrected chi connectivity index (χ2v) is 3.73. The molecule has 0 atom stereocenters. The minimum absolute atomic E-state index is 0.114. The van der Waals surface area contributed by atoms with Crippen LogP contribution in [0.4, 0.5) is 17.1 Å². The molecule has 1 aromatic rings. The maximum Gasteiger partial charge on any atom is 0.143 e. The predicted molar refractivity (Wildman–Crippen MR) is 64.7 cm³/mol. The topological polar surface area (TPSA) is 176 Å². The molecule has 0 spiro atoms. The van der Waals surface area contributed by atoms with E-state index in [4.69, 9.17) is 39.5 Å². The van der Waals surface area contributed by atoms with Crippen molar-refractivity contribution in [3.63, 3.8) is 0 Å². The highest BCUT2D eigenvalue weighted by Gasteiger charge is 2.23. The van der Waals surface area contributed by atoms with Crippen molar-refractivity contribution in [3.05, 3.63) is 17.2 Å². The van der Waals surface area contributed by atoms with Gasteiger partial charge in [0.25, 0.3) is 0 Å². The normalized spacial score (nSPS) is 11.8. The van der Waals surface area contributed by atoms with Crippen LogP contribution in [0.2, 0.25) is 0 Å². The minimum Gasteiger partial charge on any atom is -0.397 e. The molecule has 0 amide bonds. The summed E-state index contributed by atoms with van der Waals surface area (Å²) in [6.45, 7) is -0.114. The molecule has 0 unspecified atom stereocenters. The Kier molecular flexibility index (Phi) is 3.24. The third kappa shape index (κ3) is 2.17. The summed E-state index contributed by atoms with van der Waals surface area (Å²) in [7, 11) is 0. The first-order chi connectivity index (χ1) is 7.29. The number of anilines is 3. The van der Waals surface area contributed by atoms with Gasteiger partial charge in [-0.15, -0.1) is 0 Å². The fourth-order valence-corrected chi connectivity index (χ4v) is 1.55. The zero-order chi connectivity index (χ0) is 12.5. The van der Waals surface area contributed by atoms with Gasteiger partial charge in [-0.3, -0.25) is 17.2 Å². The lowest BCUT2D eigenvalue weighted by Crippen LogP contribution is -2.55. The number of rotatable bonds is 3. The number of hydrogen-bond acceptors (Lipinski definition) is 7. The molecule has 0 radical (unpaired) electrons. The van der Waals surface area contributed by atoms with Crippen molar-refractivity contribution in [1.82, 2.24) is 0 Å². The highest BCUT2D eigenvalue weighted by Crippen LogP contribution is 2.32. The second kappa shape index (κ2) is 4.14. The number of nitrogen functional groups attached to an aromatic ring is 3. The average molecular weight is 226 g/mol. The molecule has 7 nitrogen and oxygen atoms in total. The predicted octanol–water partition coefficient (Wildman–Crippen LogP) is -2.05. The van der Waals surface area contributed by atoms with E-state index < -0.39 is 5.79 Å². The first-order valence-electron chi connectivity index (χ1n) is 4.73. The second-order valence-electron chi connectivity index (χ2n) is 3.73. The molecule has 0 aliphatic rings. The molecule has 0 aromatic heterocycles. The van der Waals surface area contributed by atoms with Crippen molar-refractivity contribution < 1.29 is 5.11 Å². The Morgan fingerprint density at radius 2 is 1.62 bits per heavy atom. The molecule has 0 heterocycles. The number of aliphatic hydroxyl groups excluding tert-OH is 1. The zero-order valence-corrected chi connectivity index (χ0v) is 8.90. The number of nitrogens with two attached hydrogens (primary N) is 6. The van der Waals surface area contributed by atoms with E-state index in [-0.39, 0.29) is 30.1 Å². The Bertz CT molecular complexity index is 398. The van der Waals surface area contributed by atoms with Gasteiger partial charge in [-0.25, -0.2) is 0 Å². The van der Waals surface area contributed by atoms with Gasteiger partial charge < -0.3 is 22.3 Å². The summed E-state index contributed by atoms with van der Waals surface area (Å²) in [5.74, 6) is -1.57. The van der Waals surface area contributed by atoms with E-state index in [2.05, 4.69) is 0 Å². The molecule has 1 aromatic carbocycles. The monoisotopic (exact) mass is 226 g/mol. The Balaban J connectivity index is 3.47. The molecule has 0 bridgehead atoms. The highest BCUT2D eigenvalue weighted by atomic mass is 16.2. The molecular weight excluding hydrogens is 208 g/mol. The van der Waals surface area contributed by atoms with Crippen LogP contribution in [0.3, 0.4) is 0 Å². The van der Waals surface area contributed by atoms with Crippen molar-refractivity contribution in [2.24, 2.45) is 17.2 Å². The summed E-state index contributed by atoms with van der Waals surface area (Å²) in [5.41, 5.74) is 35.6. The van der Waals surface area contributed by atoms with E-state index in [9.17, 15) is 0 Å². The van der Waals surface area contributed by atoms with Crippen LogP contribution in [0, 0.1) is 0 Å². The summed E-state index contributed by atoms with van der Waals surface area (Å²) < 4.78 is 0. The summed E-state index contributed by atoms with van der Waals surface area (Å²) in [4.78, 5) is 0. The molecule has 0 aliphatic heterocycles. The van der Waals surface area contributed by atoms with Crippen molar-refractivity contribution in [2.45, 2.75) is 12.2 Å². The lowest BCUT2D eigenvalue weighted by Gasteiger charge is -2.25. The SMILES string of the molecule is Nc1cc(C(N)(N)N)c(CCO)c(N)c1N. The molecule has 0 aliphatic carbocycles. The van der Waals surface area contributed by atoms with E-state index in [1.54, 1.807) is 0 Å². The van der Waals surface area contributed by atoms with Gasteiger partial charge in [0.2, 0.25) is 0 Å². The van der Waals surface area contributed by atoms with Gasteiger partial charge in [0, 0.05) is 12.2 Å². The van der Waals surface area contributed by atoms with Crippen LogP contribution in [0.25, 0.3) is 0 Å². The Labute approximate surface area is 93.4 Å². The third-order valence-corrected chi connectivity index (χ3v) is 2.38. The third-order valence-electron chi connectivity index (χ3n) is 2.38. The first-order valence-corrected chi connectivity index (χ1v) is 4.73. The molecule has 16 heavy (non-hydrogen) atoms. The number of hydrogen-bond donors (Lipinski definition) is 7. The van der Waals surface area contributed by atoms with Gasteiger partial charge in [0.1, 0.15) is 5.79 Å². The molecule has 1 rings (SSSR count). The van der Waals surface area contributed by atoms with E-state index in [0.717, 1.165) is 0 Å². The molecule has 0 saturated carbocycles. The standard InChI is InChI=1S/C9H18N6O/c10-6-3-5(9(13,14)15)4(1-2-16)7(11)8(6)12/h3,16H,1-2,10-15H2. The van der Waals surface area contributed by atoms with Gasteiger partial charge in [-0.05, 0) is 18.1 Å². The van der Waals surface area contributed by atoms with E-state index >= 15 is 0 Å². The van der Waals surface area contributed by atoms with E-state index in [0.29, 0.717) is 11.1 Å². The van der Waals surface area contributed by atoms with Crippen molar-refractivity contribution in [2.75, 3.05) is 23.8 Å². The summed E-state index contributed by atoms with van der Waals surface area (Å²) >= 11 is 0. The molecule has 7 heteroatoms. The van der Waals surface area contributed by atoms with Gasteiger partial charge in [-0.2, -0.15) is 0 Å². The van der Waals surface area contributed by atoms with E-state index in [1.165, 1.54) is 6.07 Å². The number of benzene rings is 1. The van der Waals surface area contributed by atoms with E-state index in [1.807, 2.05) is 0 Å². The van der Waals surface area contributed by atoms with Gasteiger partial charge in [0.15, 0.2) is 0 Å². The smallest absolute Gasteiger partial charge is 0.143 e. The lowest BCUT2D eigenvalue weighted by atomic mass is 9.96. The summed E-state index contributed by atoms with van der Waals surface area (Å²) in [6, 6.07) is 1.48. The van der Waals surface area contributed by atoms with Crippen molar-refractivity contribution in [1.29, 1.82) is 0 Å². The lowest BCUT2D eigenvalue weighted by molar-refractivity contribution is 0.298. The maximum atomic E-state index is 8.94. The van der Waals surface area contributed by atoms with Crippen molar-refractivity contribution >= 4 is 17.1 Å². The Morgan fingerprint density at radius 1 is 1.06 bits per heavy atom. The quantitative estimate of drug-likeness (QED) is 0.229. The van der Waals surface area contributed by atoms with Crippen molar-refractivity contribution in [3.8, 4) is 0 Å². The Hall–Kier alpha value is -1.54. The average Bonchev–Trinajstić information content (AvgIpc) is 2.17. The van der Waals surface area contributed by atoms with Crippen LogP contribution in [0.1, 0.15) is 11.1 Å². The molecule has 0 saturated heterocycles. The van der Waals surface area contributed by atoms with Crippen LogP contribution in [-0.4, -0.2) is 11.7 Å². The van der Waals surface area contributed by atoms with Crippen LogP contribution >= 0.6 is 0 Å². The molecule has 90 valence electrons. The van der Waals surface area contributed by atoms with Crippen LogP contribution in [0.5, 0.6) is 0 Å². The first kappa shape index (κ1) is 12.5. The van der Waals surface area contributed by atoms with Crippen LogP contribution in [0.15, 0.2) is 6.07 Å². The van der Waals surface area contributed by atoms with Crippen LogP contribution < -0.4 is 34.4 Å². The fraction of sp³-hybridized carbons (Fsp3) is 0.333. The van der Waals surface area contributed by atoms with Gasteiger partial charge in [0.05, 0.1) is 17.1 Å².